The largest absolute Gasteiger partial charge is 0.0887 e. The first-order chi connectivity index (χ1) is 23.6. The van der Waals surface area contributed by atoms with E-state index < -0.39 is 0 Å². The molecule has 49 heavy (non-hydrogen) atoms. The summed E-state index contributed by atoms with van der Waals surface area (Å²) >= 11 is 0. The van der Waals surface area contributed by atoms with Gasteiger partial charge in [-0.1, -0.05) is 189 Å². The summed E-state index contributed by atoms with van der Waals surface area (Å²) in [4.78, 5) is 0. The van der Waals surface area contributed by atoms with Crippen LogP contribution in [0.2, 0.25) is 0 Å². The first-order valence-electron chi connectivity index (χ1n) is 17.8. The van der Waals surface area contributed by atoms with E-state index in [2.05, 4.69) is 201 Å². The lowest BCUT2D eigenvalue weighted by Gasteiger charge is -2.22. The van der Waals surface area contributed by atoms with E-state index in [1.165, 1.54) is 90.7 Å². The molecule has 0 nitrogen and oxygen atoms in total. The Morgan fingerprint density at radius 1 is 0.490 bits per heavy atom. The molecule has 0 bridgehead atoms. The van der Waals surface area contributed by atoms with Crippen LogP contribution in [0.1, 0.15) is 75.3 Å². The zero-order chi connectivity index (χ0) is 35.0. The lowest BCUT2D eigenvalue weighted by molar-refractivity contribution is 0.660. The fraction of sp³-hybridized carbons (Fsp3) is 0.224. The van der Waals surface area contributed by atoms with Crippen molar-refractivity contribution >= 4 is 0 Å². The molecule has 0 atom stereocenters. The summed E-state index contributed by atoms with van der Waals surface area (Å²) in [5, 5.41) is 0. The zero-order valence-electron chi connectivity index (χ0n) is 30.8. The summed E-state index contributed by atoms with van der Waals surface area (Å²) in [6, 6.07) is 50.7. The maximum atomic E-state index is 2.40. The molecule has 0 heteroatoms. The van der Waals surface area contributed by atoms with Crippen molar-refractivity contribution in [3.05, 3.63) is 179 Å². The molecule has 6 aromatic rings. The predicted octanol–water partition coefficient (Wildman–Crippen LogP) is 14.4. The molecule has 0 fully saturated rings. The number of fused-ring (bicyclic) bond motifs is 3. The topological polar surface area (TPSA) is 0 Å². The van der Waals surface area contributed by atoms with Crippen molar-refractivity contribution in [3.8, 4) is 44.5 Å². The molecule has 0 heterocycles. The summed E-state index contributed by atoms with van der Waals surface area (Å²) in [6.07, 6.45) is 4.70. The highest BCUT2D eigenvalue weighted by Crippen LogP contribution is 2.49. The van der Waals surface area contributed by atoms with Crippen LogP contribution in [0.25, 0.3) is 44.5 Å². The van der Waals surface area contributed by atoms with Crippen LogP contribution in [0, 0.1) is 20.8 Å². The highest BCUT2D eigenvalue weighted by molar-refractivity contribution is 5.84. The summed E-state index contributed by atoms with van der Waals surface area (Å²) in [7, 11) is 0. The first-order valence-corrected chi connectivity index (χ1v) is 17.8. The van der Waals surface area contributed by atoms with Gasteiger partial charge in [-0.05, 0) is 103 Å². The molecule has 0 N–H and O–H groups in total. The van der Waals surface area contributed by atoms with Gasteiger partial charge in [0.05, 0.1) is 0 Å². The molecule has 0 spiro atoms. The zero-order valence-corrected chi connectivity index (χ0v) is 30.8. The number of hydrogen-bond acceptors (Lipinski definition) is 0. The van der Waals surface area contributed by atoms with E-state index in [0.29, 0.717) is 0 Å². The van der Waals surface area contributed by atoms with Gasteiger partial charge in [0, 0.05) is 5.41 Å². The predicted molar refractivity (Wildman–Crippen MR) is 215 cm³/mol. The van der Waals surface area contributed by atoms with Crippen LogP contribution in [0.4, 0.5) is 0 Å². The van der Waals surface area contributed by atoms with Gasteiger partial charge in [0.1, 0.15) is 0 Å². The monoisotopic (exact) mass is 640 g/mol. The lowest BCUT2D eigenvalue weighted by atomic mass is 9.81. The van der Waals surface area contributed by atoms with E-state index in [9.17, 15) is 0 Å². The van der Waals surface area contributed by atoms with Gasteiger partial charge in [-0.3, -0.25) is 0 Å². The van der Waals surface area contributed by atoms with Gasteiger partial charge >= 0.3 is 0 Å². The summed E-state index contributed by atoms with van der Waals surface area (Å²) in [5.41, 5.74) is 18.6. The van der Waals surface area contributed by atoms with E-state index in [0.717, 1.165) is 0 Å². The minimum absolute atomic E-state index is 0.0210. The van der Waals surface area contributed by atoms with Crippen molar-refractivity contribution in [2.45, 2.75) is 73.6 Å². The molecule has 0 radical (unpaired) electrons. The van der Waals surface area contributed by atoms with E-state index >= 15 is 0 Å². The summed E-state index contributed by atoms with van der Waals surface area (Å²) in [6.45, 7) is 17.5. The molecule has 1 aliphatic carbocycles. The second-order valence-electron chi connectivity index (χ2n) is 14.0. The van der Waals surface area contributed by atoms with Crippen molar-refractivity contribution in [2.75, 3.05) is 0 Å². The number of rotatable bonds is 5. The van der Waals surface area contributed by atoms with Crippen molar-refractivity contribution in [2.24, 2.45) is 0 Å². The van der Waals surface area contributed by atoms with E-state index in [1.54, 1.807) is 0 Å². The SMILES string of the molecule is C/C=C(\C)CCC.Cc1ccc(C)cc1.Cc1ccc2c(c1)C(C)(C)c1cc(-c3ccc(-c4ccc(-c5ccccc5)cc4)cc3)ccc1-2. The van der Waals surface area contributed by atoms with Crippen molar-refractivity contribution in [1.29, 1.82) is 0 Å². The minimum Gasteiger partial charge on any atom is -0.0887 e. The van der Waals surface area contributed by atoms with Gasteiger partial charge in [-0.15, -0.1) is 0 Å². The molecule has 0 aliphatic heterocycles. The van der Waals surface area contributed by atoms with Crippen LogP contribution < -0.4 is 0 Å². The molecule has 0 aromatic heterocycles. The van der Waals surface area contributed by atoms with Gasteiger partial charge in [0.25, 0.3) is 0 Å². The highest BCUT2D eigenvalue weighted by Gasteiger charge is 2.35. The maximum Gasteiger partial charge on any atom is 0.0159 e. The van der Waals surface area contributed by atoms with Gasteiger partial charge < -0.3 is 0 Å². The molecule has 1 aliphatic rings. The second kappa shape index (κ2) is 16.0. The van der Waals surface area contributed by atoms with Crippen molar-refractivity contribution < 1.29 is 0 Å². The Bertz CT molecular complexity index is 1960. The lowest BCUT2D eigenvalue weighted by Crippen LogP contribution is -2.15. The summed E-state index contributed by atoms with van der Waals surface area (Å²) < 4.78 is 0. The van der Waals surface area contributed by atoms with Crippen LogP contribution in [0.15, 0.2) is 151 Å². The molecule has 7 rings (SSSR count). The average molecular weight is 641 g/mol. The Balaban J connectivity index is 0.000000260. The van der Waals surface area contributed by atoms with Crippen molar-refractivity contribution in [1.82, 2.24) is 0 Å². The Morgan fingerprint density at radius 3 is 1.33 bits per heavy atom. The van der Waals surface area contributed by atoms with Gasteiger partial charge in [0.15, 0.2) is 0 Å². The normalized spacial score (nSPS) is 12.5. The Hall–Kier alpha value is -4.94. The van der Waals surface area contributed by atoms with E-state index in [4.69, 9.17) is 0 Å². The standard InChI is InChI=1S/C34H28.C8H10.C7H14/c1-23-9-19-30-31-20-18-29(22-33(31)34(2,3)32(30)21-23)28-16-14-27(15-17-28)26-12-10-25(11-13-26)24-7-5-4-6-8-24;1-7-3-5-8(2)6-4-7;1-4-6-7(3)5-2/h4-22H,1-3H3;3-6H,1-2H3;5H,4,6H2,1-3H3/b;;7-5+. The van der Waals surface area contributed by atoms with E-state index in [-0.39, 0.29) is 5.41 Å². The molecular formula is C49H52. The highest BCUT2D eigenvalue weighted by atomic mass is 14.4. The molecule has 6 aromatic carbocycles. The Labute approximate surface area is 296 Å². The summed E-state index contributed by atoms with van der Waals surface area (Å²) in [5.74, 6) is 0. The Morgan fingerprint density at radius 2 is 0.878 bits per heavy atom. The minimum atomic E-state index is 0.0210. The van der Waals surface area contributed by atoms with E-state index in [1.807, 2.05) is 0 Å². The fourth-order valence-corrected chi connectivity index (χ4v) is 6.55. The van der Waals surface area contributed by atoms with Crippen LogP contribution in [0.3, 0.4) is 0 Å². The number of aryl methyl sites for hydroxylation is 3. The molecule has 0 unspecified atom stereocenters. The first kappa shape index (κ1) is 35.4. The Kier molecular flexibility index (Phi) is 11.5. The van der Waals surface area contributed by atoms with Gasteiger partial charge in [0.2, 0.25) is 0 Å². The van der Waals surface area contributed by atoms with Crippen LogP contribution in [0.5, 0.6) is 0 Å². The number of hydrogen-bond donors (Lipinski definition) is 0. The number of allylic oxidation sites excluding steroid dienone is 2. The van der Waals surface area contributed by atoms with Gasteiger partial charge in [-0.2, -0.15) is 0 Å². The van der Waals surface area contributed by atoms with Crippen LogP contribution in [-0.4, -0.2) is 0 Å². The molecule has 0 saturated heterocycles. The molecule has 0 saturated carbocycles. The van der Waals surface area contributed by atoms with Crippen LogP contribution in [-0.2, 0) is 5.41 Å². The van der Waals surface area contributed by atoms with Crippen molar-refractivity contribution in [3.63, 3.8) is 0 Å². The number of benzene rings is 6. The van der Waals surface area contributed by atoms with Crippen LogP contribution >= 0.6 is 0 Å². The molecule has 248 valence electrons. The fourth-order valence-electron chi connectivity index (χ4n) is 6.55. The average Bonchev–Trinajstić information content (AvgIpc) is 3.35. The molecule has 0 amide bonds. The maximum absolute atomic E-state index is 2.40. The third kappa shape index (κ3) is 8.57. The quantitative estimate of drug-likeness (QED) is 0.165. The third-order valence-electron chi connectivity index (χ3n) is 9.73. The smallest absolute Gasteiger partial charge is 0.0159 e. The second-order valence-corrected chi connectivity index (χ2v) is 14.0. The molecular weight excluding hydrogens is 589 g/mol. The third-order valence-corrected chi connectivity index (χ3v) is 9.73. The van der Waals surface area contributed by atoms with Gasteiger partial charge in [-0.25, -0.2) is 0 Å².